The molecule has 0 radical (unpaired) electrons. The first-order chi connectivity index (χ1) is 11.8. The Bertz CT molecular complexity index is 845. The van der Waals surface area contributed by atoms with Crippen LogP contribution in [-0.2, 0) is 4.79 Å². The molecule has 1 N–H and O–H groups in total. The van der Waals surface area contributed by atoms with Gasteiger partial charge < -0.3 is 10.1 Å². The van der Waals surface area contributed by atoms with Crippen LogP contribution in [0.1, 0.15) is 28.4 Å². The molecule has 0 saturated carbocycles. The van der Waals surface area contributed by atoms with Crippen LogP contribution < -0.4 is 10.1 Å². The van der Waals surface area contributed by atoms with Crippen LogP contribution >= 0.6 is 0 Å². The Labute approximate surface area is 144 Å². The number of nitrogens with one attached hydrogen (secondary N) is 1. The van der Waals surface area contributed by atoms with Gasteiger partial charge in [-0.25, -0.2) is 0 Å². The molecule has 0 spiro atoms. The third-order valence-electron chi connectivity index (χ3n) is 3.71. The van der Waals surface area contributed by atoms with E-state index in [0.717, 1.165) is 11.1 Å². The summed E-state index contributed by atoms with van der Waals surface area (Å²) < 4.78 is 5.38. The predicted molar refractivity (Wildman–Crippen MR) is 93.1 cm³/mol. The number of hydrogen-bond acceptors (Lipinski definition) is 5. The molecule has 0 fully saturated rings. The fourth-order valence-corrected chi connectivity index (χ4v) is 2.27. The summed E-state index contributed by atoms with van der Waals surface area (Å²) >= 11 is 0. The van der Waals surface area contributed by atoms with E-state index in [1.54, 1.807) is 44.2 Å². The topological polar surface area (TPSA) is 98.5 Å². The van der Waals surface area contributed by atoms with Crippen LogP contribution in [0.15, 0.2) is 36.4 Å². The van der Waals surface area contributed by atoms with Gasteiger partial charge >= 0.3 is 0 Å². The molecule has 0 aliphatic carbocycles. The molecule has 7 nitrogen and oxygen atoms in total. The van der Waals surface area contributed by atoms with Crippen molar-refractivity contribution in [2.45, 2.75) is 20.8 Å². The van der Waals surface area contributed by atoms with E-state index in [0.29, 0.717) is 11.3 Å². The van der Waals surface area contributed by atoms with Gasteiger partial charge in [-0.05, 0) is 50.1 Å². The van der Waals surface area contributed by atoms with Gasteiger partial charge in [0.2, 0.25) is 0 Å². The number of hydrogen-bond donors (Lipinski definition) is 1. The Morgan fingerprint density at radius 2 is 1.80 bits per heavy atom. The summed E-state index contributed by atoms with van der Waals surface area (Å²) in [6, 6.07) is 9.54. The molecule has 0 aliphatic heterocycles. The van der Waals surface area contributed by atoms with Gasteiger partial charge in [-0.15, -0.1) is 0 Å². The van der Waals surface area contributed by atoms with Crippen LogP contribution in [0.5, 0.6) is 5.75 Å². The summed E-state index contributed by atoms with van der Waals surface area (Å²) in [5, 5.41) is 13.6. The normalized spacial score (nSPS) is 10.2. The number of carbonyl (C=O) groups is 2. The smallest absolute Gasteiger partial charge is 0.293 e. The maximum atomic E-state index is 12.1. The van der Waals surface area contributed by atoms with Gasteiger partial charge in [-0.1, -0.05) is 12.1 Å². The second kappa shape index (κ2) is 7.57. The van der Waals surface area contributed by atoms with E-state index in [9.17, 15) is 19.7 Å². The standard InChI is InChI=1S/C18H18N2O5/c1-11-8-15(16(20(23)24)9-12(11)2)19-18(22)10-25-17-7-5-4-6-14(17)13(3)21/h4-9H,10H2,1-3H3,(H,19,22). The maximum absolute atomic E-state index is 12.1. The Morgan fingerprint density at radius 1 is 1.16 bits per heavy atom. The highest BCUT2D eigenvalue weighted by Crippen LogP contribution is 2.28. The predicted octanol–water partition coefficient (Wildman–Crippen LogP) is 3.43. The highest BCUT2D eigenvalue weighted by Gasteiger charge is 2.18. The lowest BCUT2D eigenvalue weighted by atomic mass is 10.1. The Morgan fingerprint density at radius 3 is 2.44 bits per heavy atom. The van der Waals surface area contributed by atoms with Crippen molar-refractivity contribution >= 4 is 23.1 Å². The number of nitro groups is 1. The first-order valence-electron chi connectivity index (χ1n) is 7.58. The molecule has 0 aromatic heterocycles. The zero-order valence-electron chi connectivity index (χ0n) is 14.2. The number of nitro benzene ring substituents is 1. The van der Waals surface area contributed by atoms with Crippen LogP contribution in [0, 0.1) is 24.0 Å². The average Bonchev–Trinajstić information content (AvgIpc) is 2.56. The van der Waals surface area contributed by atoms with E-state index >= 15 is 0 Å². The fourth-order valence-electron chi connectivity index (χ4n) is 2.27. The molecule has 0 atom stereocenters. The number of anilines is 1. The minimum absolute atomic E-state index is 0.113. The maximum Gasteiger partial charge on any atom is 0.293 e. The van der Waals surface area contributed by atoms with Gasteiger partial charge in [0.1, 0.15) is 11.4 Å². The zero-order valence-corrected chi connectivity index (χ0v) is 14.2. The molecule has 0 heterocycles. The van der Waals surface area contributed by atoms with Crippen molar-refractivity contribution in [2.75, 3.05) is 11.9 Å². The number of para-hydroxylation sites is 1. The van der Waals surface area contributed by atoms with Crippen molar-refractivity contribution in [2.24, 2.45) is 0 Å². The summed E-state index contributed by atoms with van der Waals surface area (Å²) in [4.78, 5) is 34.2. The van der Waals surface area contributed by atoms with Crippen LogP contribution in [0.2, 0.25) is 0 Å². The van der Waals surface area contributed by atoms with Gasteiger partial charge in [-0.2, -0.15) is 0 Å². The molecule has 0 aliphatic rings. The molecule has 2 aromatic carbocycles. The quantitative estimate of drug-likeness (QED) is 0.492. The number of ether oxygens (including phenoxy) is 1. The lowest BCUT2D eigenvalue weighted by Crippen LogP contribution is -2.21. The third kappa shape index (κ3) is 4.41. The monoisotopic (exact) mass is 342 g/mol. The van der Waals surface area contributed by atoms with E-state index in [1.807, 2.05) is 0 Å². The molecule has 130 valence electrons. The molecule has 1 amide bonds. The number of nitrogens with zero attached hydrogens (tertiary/aromatic N) is 1. The molecule has 0 bridgehead atoms. The molecular formula is C18H18N2O5. The summed E-state index contributed by atoms with van der Waals surface area (Å²) in [6.07, 6.45) is 0. The van der Waals surface area contributed by atoms with Gasteiger partial charge in [0.15, 0.2) is 12.4 Å². The van der Waals surface area contributed by atoms with Crippen molar-refractivity contribution in [1.29, 1.82) is 0 Å². The summed E-state index contributed by atoms with van der Waals surface area (Å²) in [5.74, 6) is -0.440. The Balaban J connectivity index is 2.13. The van der Waals surface area contributed by atoms with E-state index in [4.69, 9.17) is 4.74 Å². The largest absolute Gasteiger partial charge is 0.483 e. The van der Waals surface area contributed by atoms with E-state index in [2.05, 4.69) is 5.32 Å². The number of rotatable bonds is 6. The molecule has 2 aromatic rings. The highest BCUT2D eigenvalue weighted by atomic mass is 16.6. The van der Waals surface area contributed by atoms with Gasteiger partial charge in [-0.3, -0.25) is 19.7 Å². The number of carbonyl (C=O) groups excluding carboxylic acids is 2. The van der Waals surface area contributed by atoms with Crippen molar-refractivity contribution in [3.63, 3.8) is 0 Å². The fraction of sp³-hybridized carbons (Fsp3) is 0.222. The number of benzene rings is 2. The Hall–Kier alpha value is -3.22. The van der Waals surface area contributed by atoms with Crippen LogP contribution in [-0.4, -0.2) is 23.2 Å². The molecule has 7 heteroatoms. The Kier molecular flexibility index (Phi) is 5.49. The van der Waals surface area contributed by atoms with E-state index < -0.39 is 10.8 Å². The van der Waals surface area contributed by atoms with Crippen molar-refractivity contribution in [3.8, 4) is 5.75 Å². The highest BCUT2D eigenvalue weighted by molar-refractivity contribution is 5.97. The van der Waals surface area contributed by atoms with Crippen molar-refractivity contribution in [3.05, 3.63) is 63.2 Å². The number of aryl methyl sites for hydroxylation is 2. The second-order valence-corrected chi connectivity index (χ2v) is 5.60. The first kappa shape index (κ1) is 18.1. The zero-order chi connectivity index (χ0) is 18.6. The van der Waals surface area contributed by atoms with E-state index in [1.165, 1.54) is 13.0 Å². The lowest BCUT2D eigenvalue weighted by molar-refractivity contribution is -0.384. The minimum Gasteiger partial charge on any atom is -0.483 e. The molecule has 2 rings (SSSR count). The van der Waals surface area contributed by atoms with E-state index in [-0.39, 0.29) is 23.8 Å². The SMILES string of the molecule is CC(=O)c1ccccc1OCC(=O)Nc1cc(C)c(C)cc1[N+](=O)[O-]. The first-order valence-corrected chi connectivity index (χ1v) is 7.58. The number of Topliss-reactive ketones (excluding diaryl/α,β-unsaturated/α-hetero) is 1. The van der Waals surface area contributed by atoms with Gasteiger partial charge in [0, 0.05) is 6.07 Å². The third-order valence-corrected chi connectivity index (χ3v) is 3.71. The lowest BCUT2D eigenvalue weighted by Gasteiger charge is -2.11. The van der Waals surface area contributed by atoms with Gasteiger partial charge in [0.05, 0.1) is 10.5 Å². The molecular weight excluding hydrogens is 324 g/mol. The van der Waals surface area contributed by atoms with Gasteiger partial charge in [0.25, 0.3) is 11.6 Å². The molecule has 0 saturated heterocycles. The summed E-state index contributed by atoms with van der Waals surface area (Å²) in [5.41, 5.74) is 1.88. The number of ketones is 1. The minimum atomic E-state index is -0.551. The second-order valence-electron chi connectivity index (χ2n) is 5.60. The summed E-state index contributed by atoms with van der Waals surface area (Å²) in [7, 11) is 0. The van der Waals surface area contributed by atoms with Crippen LogP contribution in [0.4, 0.5) is 11.4 Å². The van der Waals surface area contributed by atoms with Crippen molar-refractivity contribution in [1.82, 2.24) is 0 Å². The van der Waals surface area contributed by atoms with Crippen LogP contribution in [0.3, 0.4) is 0 Å². The summed E-state index contributed by atoms with van der Waals surface area (Å²) in [6.45, 7) is 4.60. The number of amides is 1. The van der Waals surface area contributed by atoms with Crippen LogP contribution in [0.25, 0.3) is 0 Å². The average molecular weight is 342 g/mol. The van der Waals surface area contributed by atoms with Crippen molar-refractivity contribution < 1.29 is 19.2 Å². The molecule has 25 heavy (non-hydrogen) atoms. The molecule has 0 unspecified atom stereocenters.